The van der Waals surface area contributed by atoms with E-state index in [2.05, 4.69) is 6.58 Å². The quantitative estimate of drug-likeness (QED) is 0.938. The zero-order valence-electron chi connectivity index (χ0n) is 12.1. The van der Waals surface area contributed by atoms with Crippen LogP contribution >= 0.6 is 0 Å². The highest BCUT2D eigenvalue weighted by Gasteiger charge is 2.24. The molecule has 0 spiro atoms. The van der Waals surface area contributed by atoms with Gasteiger partial charge in [0.15, 0.2) is 0 Å². The van der Waals surface area contributed by atoms with E-state index in [9.17, 15) is 9.90 Å². The van der Waals surface area contributed by atoms with Crippen molar-refractivity contribution < 1.29 is 14.6 Å². The lowest BCUT2D eigenvalue weighted by Gasteiger charge is -2.26. The fraction of sp³-hybridized carbons (Fsp3) is 0.353. The topological polar surface area (TPSA) is 51.5 Å². The van der Waals surface area contributed by atoms with E-state index in [1.54, 1.807) is 0 Å². The minimum Gasteiger partial charge on any atom is -0.478 e. The molecule has 21 heavy (non-hydrogen) atoms. The molecule has 0 atom stereocenters. The van der Waals surface area contributed by atoms with Crippen molar-refractivity contribution in [2.45, 2.75) is 19.8 Å². The van der Waals surface area contributed by atoms with Crippen LogP contribution in [0.25, 0.3) is 16.6 Å². The zero-order valence-corrected chi connectivity index (χ0v) is 12.1. The normalized spacial score (nSPS) is 16.2. The Morgan fingerprint density at radius 3 is 2.67 bits per heavy atom. The number of fused-ring (bicyclic) bond motifs is 1. The molecular weight excluding hydrogens is 266 g/mol. The Balaban J connectivity index is 2.15. The Bertz CT molecular complexity index is 708. The van der Waals surface area contributed by atoms with Crippen molar-refractivity contribution in [1.82, 2.24) is 4.57 Å². The molecule has 1 fully saturated rings. The number of rotatable bonds is 3. The minimum absolute atomic E-state index is 0.343. The summed E-state index contributed by atoms with van der Waals surface area (Å²) in [5, 5.41) is 10.3. The molecule has 2 heterocycles. The highest BCUT2D eigenvalue weighted by molar-refractivity contribution is 6.06. The fourth-order valence-electron chi connectivity index (χ4n) is 3.22. The number of carboxylic acids is 1. The van der Waals surface area contributed by atoms with Crippen molar-refractivity contribution in [2.24, 2.45) is 5.92 Å². The van der Waals surface area contributed by atoms with E-state index in [1.165, 1.54) is 0 Å². The third kappa shape index (κ3) is 2.25. The number of carbonyl (C=O) groups is 1. The first-order valence-electron chi connectivity index (χ1n) is 7.21. The van der Waals surface area contributed by atoms with Crippen LogP contribution in [0.4, 0.5) is 0 Å². The van der Waals surface area contributed by atoms with Crippen LogP contribution < -0.4 is 0 Å². The van der Waals surface area contributed by atoms with Gasteiger partial charge in [-0.15, -0.1) is 0 Å². The van der Waals surface area contributed by atoms with Gasteiger partial charge in [0.1, 0.15) is 0 Å². The molecule has 1 aliphatic heterocycles. The molecule has 1 aliphatic rings. The van der Waals surface area contributed by atoms with E-state index in [0.717, 1.165) is 48.3 Å². The molecule has 0 unspecified atom stereocenters. The summed E-state index contributed by atoms with van der Waals surface area (Å²) in [6, 6.07) is 7.62. The predicted molar refractivity (Wildman–Crippen MR) is 82.5 cm³/mol. The van der Waals surface area contributed by atoms with Gasteiger partial charge >= 0.3 is 5.97 Å². The maximum absolute atomic E-state index is 11.6. The number of aromatic carboxylic acids is 1. The Morgan fingerprint density at radius 2 is 2.00 bits per heavy atom. The highest BCUT2D eigenvalue weighted by atomic mass is 16.5. The van der Waals surface area contributed by atoms with Gasteiger partial charge in [-0.05, 0) is 25.8 Å². The second-order valence-electron chi connectivity index (χ2n) is 5.50. The molecule has 0 aliphatic carbocycles. The third-order valence-electron chi connectivity index (χ3n) is 4.31. The van der Waals surface area contributed by atoms with Crippen LogP contribution in [0.15, 0.2) is 30.8 Å². The van der Waals surface area contributed by atoms with Gasteiger partial charge in [0.2, 0.25) is 0 Å². The summed E-state index contributed by atoms with van der Waals surface area (Å²) in [5.41, 5.74) is 3.02. The van der Waals surface area contributed by atoms with Crippen LogP contribution in [0, 0.1) is 12.8 Å². The average Bonchev–Trinajstić information content (AvgIpc) is 2.79. The van der Waals surface area contributed by atoms with Crippen molar-refractivity contribution in [1.29, 1.82) is 0 Å². The first kappa shape index (κ1) is 13.9. The molecule has 1 aromatic carbocycles. The molecule has 0 radical (unpaired) electrons. The monoisotopic (exact) mass is 285 g/mol. The summed E-state index contributed by atoms with van der Waals surface area (Å²) in [7, 11) is 0. The number of nitrogens with zero attached hydrogens (tertiary/aromatic N) is 1. The first-order chi connectivity index (χ1) is 10.1. The average molecular weight is 285 g/mol. The Kier molecular flexibility index (Phi) is 3.55. The summed E-state index contributed by atoms with van der Waals surface area (Å²) < 4.78 is 7.41. The number of para-hydroxylation sites is 1. The second-order valence-corrected chi connectivity index (χ2v) is 5.50. The first-order valence-corrected chi connectivity index (χ1v) is 7.21. The number of allylic oxidation sites excluding steroid dienone is 1. The van der Waals surface area contributed by atoms with Gasteiger partial charge in [0, 0.05) is 35.9 Å². The number of benzene rings is 1. The van der Waals surface area contributed by atoms with Gasteiger partial charge in [-0.1, -0.05) is 24.8 Å². The van der Waals surface area contributed by atoms with Gasteiger partial charge in [-0.3, -0.25) is 0 Å². The Morgan fingerprint density at radius 1 is 1.33 bits per heavy atom. The van der Waals surface area contributed by atoms with Crippen molar-refractivity contribution in [3.8, 4) is 0 Å². The van der Waals surface area contributed by atoms with E-state index in [0.29, 0.717) is 11.5 Å². The van der Waals surface area contributed by atoms with Crippen LogP contribution in [0.2, 0.25) is 0 Å². The lowest BCUT2D eigenvalue weighted by molar-refractivity contribution is 0.0697. The van der Waals surface area contributed by atoms with Gasteiger partial charge in [-0.25, -0.2) is 4.79 Å². The maximum Gasteiger partial charge on any atom is 0.338 e. The molecule has 0 amide bonds. The van der Waals surface area contributed by atoms with Gasteiger partial charge in [-0.2, -0.15) is 0 Å². The van der Waals surface area contributed by atoms with Gasteiger partial charge < -0.3 is 14.4 Å². The van der Waals surface area contributed by atoms with Gasteiger partial charge in [0.05, 0.1) is 11.1 Å². The van der Waals surface area contributed by atoms with E-state index in [4.69, 9.17) is 4.74 Å². The standard InChI is InChI=1S/C17H19NO3/c1-11(13-7-9-21-10-8-13)18-12(2)16(17(19)20)14-5-3-4-6-15(14)18/h3-6,13H,1,7-10H2,2H3,(H,19,20). The lowest BCUT2D eigenvalue weighted by Crippen LogP contribution is -2.19. The van der Waals surface area contributed by atoms with Crippen LogP contribution in [-0.4, -0.2) is 28.9 Å². The molecule has 2 aromatic rings. The smallest absolute Gasteiger partial charge is 0.338 e. The van der Waals surface area contributed by atoms with Crippen molar-refractivity contribution in [3.05, 3.63) is 42.1 Å². The molecule has 4 heteroatoms. The summed E-state index contributed by atoms with van der Waals surface area (Å²) in [6.45, 7) is 7.59. The van der Waals surface area contributed by atoms with E-state index in [-0.39, 0.29) is 0 Å². The van der Waals surface area contributed by atoms with Crippen LogP contribution in [0.1, 0.15) is 28.9 Å². The molecule has 110 valence electrons. The molecule has 0 saturated carbocycles. The Hall–Kier alpha value is -2.07. The summed E-state index contributed by atoms with van der Waals surface area (Å²) >= 11 is 0. The molecule has 4 nitrogen and oxygen atoms in total. The lowest BCUT2D eigenvalue weighted by atomic mass is 9.97. The molecule has 1 aromatic heterocycles. The number of hydrogen-bond donors (Lipinski definition) is 1. The van der Waals surface area contributed by atoms with Crippen molar-refractivity contribution in [3.63, 3.8) is 0 Å². The molecular formula is C17H19NO3. The number of aromatic nitrogens is 1. The van der Waals surface area contributed by atoms with Crippen LogP contribution in [0.3, 0.4) is 0 Å². The van der Waals surface area contributed by atoms with Crippen molar-refractivity contribution >= 4 is 22.6 Å². The highest BCUT2D eigenvalue weighted by Crippen LogP contribution is 2.33. The summed E-state index contributed by atoms with van der Waals surface area (Å²) in [6.07, 6.45) is 1.88. The predicted octanol–water partition coefficient (Wildman–Crippen LogP) is 3.55. The number of carboxylic acid groups (broad SMARTS) is 1. The molecule has 1 saturated heterocycles. The number of ether oxygens (including phenoxy) is 1. The van der Waals surface area contributed by atoms with Crippen LogP contribution in [0.5, 0.6) is 0 Å². The van der Waals surface area contributed by atoms with Gasteiger partial charge in [0.25, 0.3) is 0 Å². The molecule has 0 bridgehead atoms. The van der Waals surface area contributed by atoms with Crippen LogP contribution in [-0.2, 0) is 4.74 Å². The summed E-state index contributed by atoms with van der Waals surface area (Å²) in [4.78, 5) is 11.6. The van der Waals surface area contributed by atoms with Crippen molar-refractivity contribution in [2.75, 3.05) is 13.2 Å². The summed E-state index contributed by atoms with van der Waals surface area (Å²) in [5.74, 6) is -0.544. The van der Waals surface area contributed by atoms with E-state index in [1.807, 2.05) is 35.8 Å². The number of hydrogen-bond acceptors (Lipinski definition) is 2. The Labute approximate surface area is 123 Å². The maximum atomic E-state index is 11.6. The van der Waals surface area contributed by atoms with E-state index < -0.39 is 5.97 Å². The molecule has 1 N–H and O–H groups in total. The molecule has 3 rings (SSSR count). The zero-order chi connectivity index (χ0) is 15.0. The third-order valence-corrected chi connectivity index (χ3v) is 4.31. The fourth-order valence-corrected chi connectivity index (χ4v) is 3.22. The largest absolute Gasteiger partial charge is 0.478 e. The second kappa shape index (κ2) is 5.37. The minimum atomic E-state index is -0.887. The van der Waals surface area contributed by atoms with E-state index >= 15 is 0 Å². The SMILES string of the molecule is C=C(C1CCOCC1)n1c(C)c(C(=O)O)c2ccccc21.